The molecule has 1 fully saturated rings. The number of methoxy groups -OCH3 is 1. The number of hydrogen-bond acceptors (Lipinski definition) is 8. The van der Waals surface area contributed by atoms with E-state index in [0.717, 1.165) is 9.60 Å². The summed E-state index contributed by atoms with van der Waals surface area (Å²) in [5.41, 5.74) is 1.35. The molecule has 174 valence electrons. The average molecular weight is 481 g/mol. The van der Waals surface area contributed by atoms with Gasteiger partial charge in [0.2, 0.25) is 11.8 Å². The Morgan fingerprint density at radius 1 is 1.03 bits per heavy atom. The lowest BCUT2D eigenvalue weighted by molar-refractivity contribution is -0.141. The molecule has 1 aromatic heterocycles. The first-order valence-electron chi connectivity index (χ1n) is 10.5. The summed E-state index contributed by atoms with van der Waals surface area (Å²) in [5, 5.41) is 0. The van der Waals surface area contributed by atoms with Crippen LogP contribution in [0.15, 0.2) is 41.4 Å². The lowest BCUT2D eigenvalue weighted by atomic mass is 10.2. The van der Waals surface area contributed by atoms with Crippen LogP contribution in [0.3, 0.4) is 0 Å². The third kappa shape index (κ3) is 3.94. The van der Waals surface area contributed by atoms with E-state index in [-0.39, 0.29) is 36.8 Å². The van der Waals surface area contributed by atoms with E-state index < -0.39 is 11.9 Å². The molecular formula is C23H19N3O7S. The van der Waals surface area contributed by atoms with E-state index >= 15 is 0 Å². The minimum Gasteiger partial charge on any atom is -0.486 e. The molecule has 2 aliphatic rings. The van der Waals surface area contributed by atoms with Crippen LogP contribution >= 0.6 is 11.3 Å². The molecule has 0 spiro atoms. The van der Waals surface area contributed by atoms with Crippen molar-refractivity contribution in [2.75, 3.05) is 25.2 Å². The average Bonchev–Trinajstić information content (AvgIpc) is 3.35. The predicted molar refractivity (Wildman–Crippen MR) is 121 cm³/mol. The number of amides is 3. The Hall–Kier alpha value is -3.99. The van der Waals surface area contributed by atoms with Crippen molar-refractivity contribution in [3.05, 3.63) is 46.8 Å². The summed E-state index contributed by atoms with van der Waals surface area (Å²) in [6.07, 6.45) is 0.362. The smallest absolute Gasteiger partial charge is 0.325 e. The van der Waals surface area contributed by atoms with Crippen molar-refractivity contribution in [1.29, 1.82) is 0 Å². The molecule has 3 heterocycles. The number of ether oxygens (including phenoxy) is 3. The summed E-state index contributed by atoms with van der Waals surface area (Å²) >= 11 is 1.23. The first kappa shape index (κ1) is 21.8. The van der Waals surface area contributed by atoms with Crippen molar-refractivity contribution in [3.8, 4) is 11.5 Å². The molecule has 11 heteroatoms. The van der Waals surface area contributed by atoms with E-state index in [2.05, 4.69) is 4.99 Å². The van der Waals surface area contributed by atoms with Crippen LogP contribution in [-0.2, 0) is 25.7 Å². The fourth-order valence-electron chi connectivity index (χ4n) is 3.81. The van der Waals surface area contributed by atoms with Gasteiger partial charge in [-0.15, -0.1) is 0 Å². The topological polar surface area (TPSA) is 116 Å². The minimum atomic E-state index is -0.534. The number of carbonyl (C=O) groups is 4. The fraction of sp³-hybridized carbons (Fsp3) is 0.261. The van der Waals surface area contributed by atoms with Crippen molar-refractivity contribution in [3.63, 3.8) is 0 Å². The fourth-order valence-corrected chi connectivity index (χ4v) is 4.85. The van der Waals surface area contributed by atoms with Gasteiger partial charge in [0.05, 0.1) is 23.0 Å². The summed E-state index contributed by atoms with van der Waals surface area (Å²) in [7, 11) is 1.29. The standard InChI is InChI=1S/C23H19N3O7S/c1-31-21(29)12-25-15-10-16-17(33-9-8-32-16)11-18(15)34-23(25)24-22(30)13-2-4-14(5-3-13)26-19(27)6-7-20(26)28/h2-5,10-11H,6-9,12H2,1H3. The Bertz CT molecular complexity index is 1390. The molecule has 0 radical (unpaired) electrons. The second-order valence-corrected chi connectivity index (χ2v) is 8.61. The highest BCUT2D eigenvalue weighted by Gasteiger charge is 2.30. The second kappa shape index (κ2) is 8.75. The molecular weight excluding hydrogens is 462 g/mol. The summed E-state index contributed by atoms with van der Waals surface area (Å²) in [4.78, 5) is 54.5. The Labute approximate surface area is 197 Å². The zero-order valence-electron chi connectivity index (χ0n) is 18.1. The van der Waals surface area contributed by atoms with Crippen LogP contribution in [-0.4, -0.2) is 48.6 Å². The number of hydrogen-bond donors (Lipinski definition) is 0. The normalized spacial score (nSPS) is 15.8. The van der Waals surface area contributed by atoms with Gasteiger partial charge in [-0.2, -0.15) is 4.99 Å². The molecule has 2 aromatic carbocycles. The zero-order chi connectivity index (χ0) is 23.8. The molecule has 0 aliphatic carbocycles. The number of aromatic nitrogens is 1. The molecule has 0 atom stereocenters. The highest BCUT2D eigenvalue weighted by Crippen LogP contribution is 2.35. The number of rotatable bonds is 4. The van der Waals surface area contributed by atoms with Crippen molar-refractivity contribution in [2.45, 2.75) is 19.4 Å². The van der Waals surface area contributed by atoms with Crippen molar-refractivity contribution < 1.29 is 33.4 Å². The third-order valence-electron chi connectivity index (χ3n) is 5.48. The van der Waals surface area contributed by atoms with Gasteiger partial charge in [-0.25, -0.2) is 0 Å². The number of anilines is 1. The zero-order valence-corrected chi connectivity index (χ0v) is 18.9. The molecule has 0 bridgehead atoms. The lowest BCUT2D eigenvalue weighted by Crippen LogP contribution is -2.28. The summed E-state index contributed by atoms with van der Waals surface area (Å²) < 4.78 is 18.5. The third-order valence-corrected chi connectivity index (χ3v) is 6.52. The molecule has 2 aliphatic heterocycles. The van der Waals surface area contributed by atoms with Gasteiger partial charge in [0.15, 0.2) is 16.3 Å². The van der Waals surface area contributed by atoms with Crippen LogP contribution < -0.4 is 19.2 Å². The van der Waals surface area contributed by atoms with Crippen LogP contribution in [0.2, 0.25) is 0 Å². The molecule has 34 heavy (non-hydrogen) atoms. The van der Waals surface area contributed by atoms with Crippen molar-refractivity contribution in [1.82, 2.24) is 4.57 Å². The van der Waals surface area contributed by atoms with Gasteiger partial charge in [-0.3, -0.25) is 24.1 Å². The summed E-state index contributed by atoms with van der Waals surface area (Å²) in [5.74, 6) is -0.419. The maximum atomic E-state index is 12.9. The van der Waals surface area contributed by atoms with E-state index in [1.54, 1.807) is 28.8 Å². The highest BCUT2D eigenvalue weighted by atomic mass is 32.1. The Kier molecular flexibility index (Phi) is 5.62. The van der Waals surface area contributed by atoms with E-state index in [4.69, 9.17) is 14.2 Å². The number of imide groups is 1. The maximum Gasteiger partial charge on any atom is 0.325 e. The van der Waals surface area contributed by atoms with Crippen molar-refractivity contribution in [2.24, 2.45) is 4.99 Å². The van der Waals surface area contributed by atoms with E-state index in [1.165, 1.54) is 30.6 Å². The van der Waals surface area contributed by atoms with Crippen LogP contribution in [0.5, 0.6) is 11.5 Å². The van der Waals surface area contributed by atoms with Gasteiger partial charge < -0.3 is 18.8 Å². The predicted octanol–water partition coefficient (Wildman–Crippen LogP) is 2.04. The Morgan fingerprint density at radius 2 is 1.68 bits per heavy atom. The SMILES string of the molecule is COC(=O)Cn1c(=NC(=O)c2ccc(N3C(=O)CCC3=O)cc2)sc2cc3c(cc21)OCCO3. The molecule has 0 saturated carbocycles. The number of carbonyl (C=O) groups excluding carboxylic acids is 4. The number of fused-ring (bicyclic) bond motifs is 2. The van der Waals surface area contributed by atoms with Gasteiger partial charge in [0.25, 0.3) is 5.91 Å². The van der Waals surface area contributed by atoms with Crippen LogP contribution in [0.25, 0.3) is 10.2 Å². The Balaban J connectivity index is 1.52. The molecule has 3 amide bonds. The van der Waals surface area contributed by atoms with Gasteiger partial charge in [0.1, 0.15) is 19.8 Å². The quantitative estimate of drug-likeness (QED) is 0.414. The monoisotopic (exact) mass is 481 g/mol. The van der Waals surface area contributed by atoms with Crippen LogP contribution in [0, 0.1) is 0 Å². The van der Waals surface area contributed by atoms with Gasteiger partial charge >= 0.3 is 5.97 Å². The largest absolute Gasteiger partial charge is 0.486 e. The van der Waals surface area contributed by atoms with E-state index in [0.29, 0.717) is 40.7 Å². The van der Waals surface area contributed by atoms with Gasteiger partial charge in [-0.1, -0.05) is 11.3 Å². The highest BCUT2D eigenvalue weighted by molar-refractivity contribution is 7.16. The Morgan fingerprint density at radius 3 is 2.32 bits per heavy atom. The molecule has 0 unspecified atom stereocenters. The molecule has 5 rings (SSSR count). The number of benzene rings is 2. The molecule has 0 N–H and O–H groups in total. The molecule has 10 nitrogen and oxygen atoms in total. The van der Waals surface area contributed by atoms with Crippen molar-refractivity contribution >= 4 is 50.9 Å². The second-order valence-electron chi connectivity index (χ2n) is 7.60. The van der Waals surface area contributed by atoms with Gasteiger partial charge in [-0.05, 0) is 24.3 Å². The summed E-state index contributed by atoms with van der Waals surface area (Å²) in [6, 6.07) is 9.66. The number of nitrogens with zero attached hydrogens (tertiary/aromatic N) is 3. The van der Waals surface area contributed by atoms with Gasteiger partial charge in [0, 0.05) is 30.5 Å². The minimum absolute atomic E-state index is 0.139. The first-order chi connectivity index (χ1) is 16.4. The van der Waals surface area contributed by atoms with E-state index in [9.17, 15) is 19.2 Å². The number of esters is 1. The van der Waals surface area contributed by atoms with Crippen LogP contribution in [0.1, 0.15) is 23.2 Å². The van der Waals surface area contributed by atoms with E-state index in [1.807, 2.05) is 0 Å². The molecule has 3 aromatic rings. The molecule has 1 saturated heterocycles. The maximum absolute atomic E-state index is 12.9. The first-order valence-corrected chi connectivity index (χ1v) is 11.3. The van der Waals surface area contributed by atoms with Crippen LogP contribution in [0.4, 0.5) is 5.69 Å². The lowest BCUT2D eigenvalue weighted by Gasteiger charge is -2.18. The summed E-state index contributed by atoms with van der Waals surface area (Å²) in [6.45, 7) is 0.715. The number of thiazole rings is 1.